The molecule has 0 atom stereocenters. The van der Waals surface area contributed by atoms with E-state index in [1.54, 1.807) is 11.3 Å². The molecule has 0 saturated carbocycles. The second-order valence-electron chi connectivity index (χ2n) is 6.22. The summed E-state index contributed by atoms with van der Waals surface area (Å²) in [6.45, 7) is 3.91. The molecule has 0 spiro atoms. The average molecular weight is 325 g/mol. The molecule has 1 saturated heterocycles. The van der Waals surface area contributed by atoms with Gasteiger partial charge in [-0.3, -0.25) is 9.20 Å². The predicted octanol–water partition coefficient (Wildman–Crippen LogP) is 3.93. The first-order valence-electron chi connectivity index (χ1n) is 8.03. The number of pyridine rings is 1. The summed E-state index contributed by atoms with van der Waals surface area (Å²) in [5.41, 5.74) is 3.36. The molecular weight excluding hydrogens is 306 g/mol. The van der Waals surface area contributed by atoms with E-state index in [1.165, 1.54) is 0 Å². The molecule has 118 valence electrons. The summed E-state index contributed by atoms with van der Waals surface area (Å²) in [5, 5.41) is 4.11. The van der Waals surface area contributed by atoms with Crippen molar-refractivity contribution >= 4 is 22.9 Å². The van der Waals surface area contributed by atoms with Crippen molar-refractivity contribution in [2.75, 3.05) is 13.1 Å². The minimum atomic E-state index is 0.0572. The summed E-state index contributed by atoms with van der Waals surface area (Å²) in [7, 11) is 0. The van der Waals surface area contributed by atoms with Crippen LogP contribution in [0.4, 0.5) is 0 Å². The third-order valence-corrected chi connectivity index (χ3v) is 5.28. The Hall–Kier alpha value is -2.14. The second-order valence-corrected chi connectivity index (χ2v) is 7.00. The summed E-state index contributed by atoms with van der Waals surface area (Å²) < 4.78 is 2.02. The van der Waals surface area contributed by atoms with Gasteiger partial charge in [0.05, 0.1) is 5.69 Å². The number of piperidine rings is 1. The van der Waals surface area contributed by atoms with Gasteiger partial charge in [0.15, 0.2) is 5.69 Å². The molecule has 1 amide bonds. The van der Waals surface area contributed by atoms with Crippen molar-refractivity contribution in [2.45, 2.75) is 19.8 Å². The van der Waals surface area contributed by atoms with Crippen LogP contribution in [0.1, 0.15) is 30.3 Å². The molecule has 0 aromatic carbocycles. The normalized spacial score (nSPS) is 16.1. The van der Waals surface area contributed by atoms with Gasteiger partial charge in [-0.1, -0.05) is 13.0 Å². The Morgan fingerprint density at radius 2 is 2.09 bits per heavy atom. The second kappa shape index (κ2) is 5.81. The Kier molecular flexibility index (Phi) is 3.65. The molecule has 0 unspecified atom stereocenters. The van der Waals surface area contributed by atoms with Crippen molar-refractivity contribution < 1.29 is 4.79 Å². The van der Waals surface area contributed by atoms with Crippen LogP contribution in [0, 0.1) is 5.92 Å². The topological polar surface area (TPSA) is 37.6 Å². The standard InChI is InChI=1S/C18H19N3OS/c1-13-5-9-20(10-6-13)18(22)16-17(14-7-11-23-12-14)21-8-3-2-4-15(21)19-16/h2-4,7-8,11-13H,5-6,9-10H2,1H3. The minimum absolute atomic E-state index is 0.0572. The zero-order valence-electron chi connectivity index (χ0n) is 13.1. The van der Waals surface area contributed by atoms with E-state index >= 15 is 0 Å². The first kappa shape index (κ1) is 14.5. The Morgan fingerprint density at radius 1 is 1.26 bits per heavy atom. The molecular formula is C18H19N3OS. The van der Waals surface area contributed by atoms with Crippen molar-refractivity contribution in [2.24, 2.45) is 5.92 Å². The molecule has 0 radical (unpaired) electrons. The van der Waals surface area contributed by atoms with Crippen LogP contribution in [-0.2, 0) is 0 Å². The maximum absolute atomic E-state index is 13.0. The van der Waals surface area contributed by atoms with Gasteiger partial charge in [-0.2, -0.15) is 11.3 Å². The predicted molar refractivity (Wildman–Crippen MR) is 92.8 cm³/mol. The number of carbonyl (C=O) groups is 1. The van der Waals surface area contributed by atoms with Gasteiger partial charge >= 0.3 is 0 Å². The lowest BCUT2D eigenvalue weighted by atomic mass is 9.99. The van der Waals surface area contributed by atoms with E-state index in [0.717, 1.165) is 42.8 Å². The van der Waals surface area contributed by atoms with Crippen LogP contribution in [0.15, 0.2) is 41.2 Å². The van der Waals surface area contributed by atoms with Crippen molar-refractivity contribution in [3.63, 3.8) is 0 Å². The van der Waals surface area contributed by atoms with Crippen molar-refractivity contribution in [1.29, 1.82) is 0 Å². The molecule has 1 aliphatic rings. The van der Waals surface area contributed by atoms with Gasteiger partial charge in [0, 0.05) is 30.2 Å². The fourth-order valence-corrected chi connectivity index (χ4v) is 3.82. The van der Waals surface area contributed by atoms with E-state index in [0.29, 0.717) is 11.6 Å². The number of thiophene rings is 1. The molecule has 3 aromatic rings. The van der Waals surface area contributed by atoms with Gasteiger partial charge in [0.25, 0.3) is 5.91 Å². The number of amides is 1. The van der Waals surface area contributed by atoms with Crippen molar-refractivity contribution in [1.82, 2.24) is 14.3 Å². The lowest BCUT2D eigenvalue weighted by molar-refractivity contribution is 0.0693. The number of rotatable bonds is 2. The van der Waals surface area contributed by atoms with E-state index in [1.807, 2.05) is 39.1 Å². The van der Waals surface area contributed by atoms with E-state index in [-0.39, 0.29) is 5.91 Å². The molecule has 4 heterocycles. The lowest BCUT2D eigenvalue weighted by Crippen LogP contribution is -2.38. The number of carbonyl (C=O) groups excluding carboxylic acids is 1. The first-order chi connectivity index (χ1) is 11.2. The van der Waals surface area contributed by atoms with Crippen molar-refractivity contribution in [3.05, 3.63) is 46.9 Å². The fourth-order valence-electron chi connectivity index (χ4n) is 3.18. The Morgan fingerprint density at radius 3 is 2.83 bits per heavy atom. The molecule has 0 bridgehead atoms. The number of likely N-dealkylation sites (tertiary alicyclic amines) is 1. The molecule has 3 aromatic heterocycles. The quantitative estimate of drug-likeness (QED) is 0.716. The van der Waals surface area contributed by atoms with E-state index in [4.69, 9.17) is 0 Å². The summed E-state index contributed by atoms with van der Waals surface area (Å²) >= 11 is 1.64. The Labute approximate surface area is 139 Å². The molecule has 1 aliphatic heterocycles. The summed E-state index contributed by atoms with van der Waals surface area (Å²) in [4.78, 5) is 19.6. The van der Waals surface area contributed by atoms with E-state index in [2.05, 4.69) is 23.4 Å². The highest BCUT2D eigenvalue weighted by molar-refractivity contribution is 7.08. The molecule has 0 aliphatic carbocycles. The molecule has 0 N–H and O–H groups in total. The highest BCUT2D eigenvalue weighted by Gasteiger charge is 2.27. The molecule has 4 nitrogen and oxygen atoms in total. The van der Waals surface area contributed by atoms with E-state index in [9.17, 15) is 4.79 Å². The number of nitrogens with zero attached hydrogens (tertiary/aromatic N) is 3. The van der Waals surface area contributed by atoms with Crippen LogP contribution >= 0.6 is 11.3 Å². The SMILES string of the molecule is CC1CCN(C(=O)c2nc3ccccn3c2-c2ccsc2)CC1. The number of hydrogen-bond donors (Lipinski definition) is 0. The Bertz CT molecular complexity index is 829. The summed E-state index contributed by atoms with van der Waals surface area (Å²) in [5.74, 6) is 0.762. The van der Waals surface area contributed by atoms with Crippen LogP contribution in [-0.4, -0.2) is 33.3 Å². The third kappa shape index (κ3) is 2.55. The summed E-state index contributed by atoms with van der Waals surface area (Å²) in [6.07, 6.45) is 4.13. The van der Waals surface area contributed by atoms with Crippen LogP contribution in [0.2, 0.25) is 0 Å². The molecule has 5 heteroatoms. The Balaban J connectivity index is 1.80. The smallest absolute Gasteiger partial charge is 0.274 e. The third-order valence-electron chi connectivity index (χ3n) is 4.60. The minimum Gasteiger partial charge on any atom is -0.337 e. The molecule has 4 rings (SSSR count). The first-order valence-corrected chi connectivity index (χ1v) is 8.97. The van der Waals surface area contributed by atoms with Crippen LogP contribution in [0.25, 0.3) is 16.9 Å². The monoisotopic (exact) mass is 325 g/mol. The zero-order valence-corrected chi connectivity index (χ0v) is 13.9. The molecule has 23 heavy (non-hydrogen) atoms. The fraction of sp³-hybridized carbons (Fsp3) is 0.333. The van der Waals surface area contributed by atoms with Gasteiger partial charge in [0.2, 0.25) is 0 Å². The van der Waals surface area contributed by atoms with Gasteiger partial charge in [-0.05, 0) is 42.3 Å². The van der Waals surface area contributed by atoms with Gasteiger partial charge in [0.1, 0.15) is 5.65 Å². The number of aromatic nitrogens is 2. The van der Waals surface area contributed by atoms with Crippen LogP contribution < -0.4 is 0 Å². The maximum Gasteiger partial charge on any atom is 0.274 e. The van der Waals surface area contributed by atoms with Gasteiger partial charge in [-0.15, -0.1) is 0 Å². The summed E-state index contributed by atoms with van der Waals surface area (Å²) in [6, 6.07) is 7.93. The van der Waals surface area contributed by atoms with E-state index < -0.39 is 0 Å². The maximum atomic E-state index is 13.0. The number of hydrogen-bond acceptors (Lipinski definition) is 3. The van der Waals surface area contributed by atoms with Crippen LogP contribution in [0.3, 0.4) is 0 Å². The highest BCUT2D eigenvalue weighted by Crippen LogP contribution is 2.29. The van der Waals surface area contributed by atoms with Gasteiger partial charge < -0.3 is 4.90 Å². The van der Waals surface area contributed by atoms with Crippen LogP contribution in [0.5, 0.6) is 0 Å². The number of fused-ring (bicyclic) bond motifs is 1. The molecule has 1 fully saturated rings. The number of imidazole rings is 1. The zero-order chi connectivity index (χ0) is 15.8. The highest BCUT2D eigenvalue weighted by atomic mass is 32.1. The largest absolute Gasteiger partial charge is 0.337 e. The van der Waals surface area contributed by atoms with Gasteiger partial charge in [-0.25, -0.2) is 4.98 Å². The lowest BCUT2D eigenvalue weighted by Gasteiger charge is -2.30. The van der Waals surface area contributed by atoms with Crippen molar-refractivity contribution in [3.8, 4) is 11.3 Å². The average Bonchev–Trinajstić information content (AvgIpc) is 3.21.